The lowest BCUT2D eigenvalue weighted by Gasteiger charge is -2.37. The molecule has 0 heterocycles. The van der Waals surface area contributed by atoms with E-state index >= 15 is 0 Å². The van der Waals surface area contributed by atoms with E-state index in [-0.39, 0.29) is 11.0 Å². The van der Waals surface area contributed by atoms with E-state index in [2.05, 4.69) is 28.2 Å². The summed E-state index contributed by atoms with van der Waals surface area (Å²) in [5.74, 6) is 0.304. The van der Waals surface area contributed by atoms with Crippen LogP contribution in [-0.2, 0) is 4.79 Å². The van der Waals surface area contributed by atoms with Gasteiger partial charge in [0.2, 0.25) is 5.91 Å². The zero-order valence-electron chi connectivity index (χ0n) is 10.9. The molecule has 2 aliphatic rings. The van der Waals surface area contributed by atoms with Gasteiger partial charge in [0.1, 0.15) is 0 Å². The van der Waals surface area contributed by atoms with Gasteiger partial charge in [-0.05, 0) is 25.7 Å². The molecule has 0 bridgehead atoms. The van der Waals surface area contributed by atoms with Crippen LogP contribution in [0.15, 0.2) is 0 Å². The monoisotopic (exact) mass is 301 g/mol. The second-order valence-corrected chi connectivity index (χ2v) is 6.76. The van der Waals surface area contributed by atoms with Crippen LogP contribution >= 0.6 is 15.9 Å². The third kappa shape index (κ3) is 2.86. The molecule has 2 aliphatic carbocycles. The summed E-state index contributed by atoms with van der Waals surface area (Å²) in [4.78, 5) is 12.5. The van der Waals surface area contributed by atoms with Crippen LogP contribution in [-0.4, -0.2) is 16.8 Å². The van der Waals surface area contributed by atoms with E-state index in [1.165, 1.54) is 32.1 Å². The second kappa shape index (κ2) is 5.29. The van der Waals surface area contributed by atoms with Gasteiger partial charge in [-0.15, -0.1) is 0 Å². The summed E-state index contributed by atoms with van der Waals surface area (Å²) < 4.78 is 0. The Balaban J connectivity index is 1.99. The van der Waals surface area contributed by atoms with Crippen molar-refractivity contribution >= 4 is 21.8 Å². The predicted octanol–water partition coefficient (Wildman–Crippen LogP) is 3.78. The Morgan fingerprint density at radius 1 is 1.06 bits per heavy atom. The molecule has 0 aliphatic heterocycles. The van der Waals surface area contributed by atoms with Gasteiger partial charge in [-0.2, -0.15) is 0 Å². The van der Waals surface area contributed by atoms with E-state index < -0.39 is 0 Å². The molecule has 0 radical (unpaired) electrons. The molecule has 1 N–H and O–H groups in total. The molecular weight excluding hydrogens is 278 g/mol. The Bertz CT molecular complexity index is 278. The first kappa shape index (κ1) is 13.4. The Morgan fingerprint density at radius 2 is 1.59 bits per heavy atom. The number of hydrogen-bond acceptors (Lipinski definition) is 1. The Labute approximate surface area is 113 Å². The standard InChI is InChI=1S/C14H24BrNO/c1-13(7-3-2-4-8-13)12(17)16-14(11-15)9-5-6-10-14/h2-11H2,1H3,(H,16,17). The molecular formula is C14H24BrNO. The number of carbonyl (C=O) groups is 1. The molecule has 98 valence electrons. The number of nitrogens with one attached hydrogen (secondary N) is 1. The van der Waals surface area contributed by atoms with Crippen molar-refractivity contribution in [2.24, 2.45) is 5.41 Å². The summed E-state index contributed by atoms with van der Waals surface area (Å²) in [6.45, 7) is 2.15. The molecule has 0 aromatic carbocycles. The van der Waals surface area contributed by atoms with Crippen LogP contribution in [0.4, 0.5) is 0 Å². The largest absolute Gasteiger partial charge is 0.349 e. The minimum atomic E-state index is -0.101. The maximum absolute atomic E-state index is 12.5. The highest BCUT2D eigenvalue weighted by Crippen LogP contribution is 2.38. The second-order valence-electron chi connectivity index (χ2n) is 6.20. The quantitative estimate of drug-likeness (QED) is 0.790. The summed E-state index contributed by atoms with van der Waals surface area (Å²) in [5.41, 5.74) is -0.0481. The van der Waals surface area contributed by atoms with E-state index in [0.29, 0.717) is 5.91 Å². The van der Waals surface area contributed by atoms with Crippen LogP contribution in [0.1, 0.15) is 64.7 Å². The number of carbonyl (C=O) groups excluding carboxylic acids is 1. The Kier molecular flexibility index (Phi) is 4.17. The average Bonchev–Trinajstić information content (AvgIpc) is 2.79. The Morgan fingerprint density at radius 3 is 2.12 bits per heavy atom. The molecule has 2 nitrogen and oxygen atoms in total. The molecule has 3 heteroatoms. The summed E-state index contributed by atoms with van der Waals surface area (Å²) in [6.07, 6.45) is 10.6. The zero-order valence-corrected chi connectivity index (χ0v) is 12.4. The molecule has 0 aromatic rings. The molecule has 2 saturated carbocycles. The summed E-state index contributed by atoms with van der Waals surface area (Å²) >= 11 is 3.59. The minimum Gasteiger partial charge on any atom is -0.349 e. The summed E-state index contributed by atoms with van der Waals surface area (Å²) in [5, 5.41) is 4.27. The highest BCUT2D eigenvalue weighted by atomic mass is 79.9. The maximum Gasteiger partial charge on any atom is 0.226 e. The fourth-order valence-electron chi connectivity index (χ4n) is 3.29. The normalized spacial score (nSPS) is 26.7. The molecule has 0 atom stereocenters. The van der Waals surface area contributed by atoms with Crippen molar-refractivity contribution in [1.82, 2.24) is 5.32 Å². The first-order valence-electron chi connectivity index (χ1n) is 6.99. The number of hydrogen-bond donors (Lipinski definition) is 1. The van der Waals surface area contributed by atoms with Gasteiger partial charge >= 0.3 is 0 Å². The van der Waals surface area contributed by atoms with Crippen LogP contribution in [0.2, 0.25) is 0 Å². The van der Waals surface area contributed by atoms with Crippen molar-refractivity contribution in [2.75, 3.05) is 5.33 Å². The molecule has 1 amide bonds. The van der Waals surface area contributed by atoms with Gasteiger partial charge in [0, 0.05) is 16.3 Å². The molecule has 2 rings (SSSR count). The molecule has 2 fully saturated rings. The SMILES string of the molecule is CC1(C(=O)NC2(CBr)CCCC2)CCCCC1. The minimum absolute atomic E-state index is 0.0531. The van der Waals surface area contributed by atoms with Crippen molar-refractivity contribution in [3.8, 4) is 0 Å². The van der Waals surface area contributed by atoms with Crippen LogP contribution in [0.25, 0.3) is 0 Å². The molecule has 0 unspecified atom stereocenters. The van der Waals surface area contributed by atoms with Crippen molar-refractivity contribution in [3.63, 3.8) is 0 Å². The van der Waals surface area contributed by atoms with Crippen molar-refractivity contribution < 1.29 is 4.79 Å². The van der Waals surface area contributed by atoms with Crippen LogP contribution < -0.4 is 5.32 Å². The molecule has 0 aromatic heterocycles. The number of alkyl halides is 1. The maximum atomic E-state index is 12.5. The lowest BCUT2D eigenvalue weighted by Crippen LogP contribution is -2.53. The molecule has 0 saturated heterocycles. The first-order chi connectivity index (χ1) is 8.10. The van der Waals surface area contributed by atoms with Gasteiger partial charge in [-0.3, -0.25) is 4.79 Å². The number of amides is 1. The van der Waals surface area contributed by atoms with E-state index in [0.717, 1.165) is 31.0 Å². The van der Waals surface area contributed by atoms with E-state index in [1.807, 2.05) is 0 Å². The van der Waals surface area contributed by atoms with Crippen LogP contribution in [0, 0.1) is 5.41 Å². The molecule has 17 heavy (non-hydrogen) atoms. The van der Waals surface area contributed by atoms with E-state index in [1.54, 1.807) is 0 Å². The Hall–Kier alpha value is -0.0500. The van der Waals surface area contributed by atoms with Crippen LogP contribution in [0.3, 0.4) is 0 Å². The van der Waals surface area contributed by atoms with Crippen LogP contribution in [0.5, 0.6) is 0 Å². The van der Waals surface area contributed by atoms with Crippen molar-refractivity contribution in [1.29, 1.82) is 0 Å². The predicted molar refractivity (Wildman–Crippen MR) is 74.3 cm³/mol. The van der Waals surface area contributed by atoms with Gasteiger partial charge in [0.15, 0.2) is 0 Å². The van der Waals surface area contributed by atoms with Gasteiger partial charge < -0.3 is 5.32 Å². The molecule has 0 spiro atoms. The van der Waals surface area contributed by atoms with Gasteiger partial charge in [-0.1, -0.05) is 55.0 Å². The first-order valence-corrected chi connectivity index (χ1v) is 8.11. The lowest BCUT2D eigenvalue weighted by molar-refractivity contribution is -0.133. The van der Waals surface area contributed by atoms with Crippen molar-refractivity contribution in [2.45, 2.75) is 70.3 Å². The fraction of sp³-hybridized carbons (Fsp3) is 0.929. The van der Waals surface area contributed by atoms with Crippen molar-refractivity contribution in [3.05, 3.63) is 0 Å². The number of halogens is 1. The number of rotatable bonds is 3. The topological polar surface area (TPSA) is 29.1 Å². The lowest BCUT2D eigenvalue weighted by atomic mass is 9.74. The average molecular weight is 302 g/mol. The zero-order chi connectivity index (χ0) is 12.4. The smallest absolute Gasteiger partial charge is 0.226 e. The highest BCUT2D eigenvalue weighted by Gasteiger charge is 2.40. The van der Waals surface area contributed by atoms with E-state index in [4.69, 9.17) is 0 Å². The summed E-state index contributed by atoms with van der Waals surface area (Å²) in [6, 6.07) is 0. The highest BCUT2D eigenvalue weighted by molar-refractivity contribution is 9.09. The third-order valence-corrected chi connectivity index (χ3v) is 5.77. The third-order valence-electron chi connectivity index (χ3n) is 4.70. The summed E-state index contributed by atoms with van der Waals surface area (Å²) in [7, 11) is 0. The van der Waals surface area contributed by atoms with Gasteiger partial charge in [0.05, 0.1) is 0 Å². The van der Waals surface area contributed by atoms with Gasteiger partial charge in [0.25, 0.3) is 0 Å². The van der Waals surface area contributed by atoms with Gasteiger partial charge in [-0.25, -0.2) is 0 Å². The van der Waals surface area contributed by atoms with E-state index in [9.17, 15) is 4.79 Å². The fourth-order valence-corrected chi connectivity index (χ4v) is 4.00.